The molecule has 0 aliphatic rings. The van der Waals surface area contributed by atoms with Gasteiger partial charge in [-0.1, -0.05) is 48.5 Å². The van der Waals surface area contributed by atoms with E-state index in [0.29, 0.717) is 11.3 Å². The number of likely N-dealkylation sites (N-methyl/N-ethyl adjacent to an activating group) is 1. The van der Waals surface area contributed by atoms with E-state index in [2.05, 4.69) is 4.72 Å². The van der Waals surface area contributed by atoms with Crippen LogP contribution in [-0.4, -0.2) is 32.9 Å². The summed E-state index contributed by atoms with van der Waals surface area (Å²) < 4.78 is 47.1. The summed E-state index contributed by atoms with van der Waals surface area (Å²) in [6.45, 7) is 1.64. The summed E-state index contributed by atoms with van der Waals surface area (Å²) in [6.07, 6.45) is 0. The molecule has 1 amide bonds. The molecule has 3 aromatic rings. The van der Waals surface area contributed by atoms with E-state index >= 15 is 0 Å². The van der Waals surface area contributed by atoms with Crippen LogP contribution in [0.1, 0.15) is 24.1 Å². The fraction of sp³-hybridized carbons (Fsp3) is 0.208. The maximum absolute atomic E-state index is 13.8. The van der Waals surface area contributed by atoms with Crippen molar-refractivity contribution >= 4 is 15.9 Å². The smallest absolute Gasteiger partial charge is 0.260 e. The van der Waals surface area contributed by atoms with Crippen LogP contribution < -0.4 is 9.46 Å². The molecule has 0 heterocycles. The number of rotatable bonds is 9. The van der Waals surface area contributed by atoms with Gasteiger partial charge in [-0.3, -0.25) is 4.79 Å². The number of benzene rings is 3. The lowest BCUT2D eigenvalue weighted by Gasteiger charge is -2.18. The molecule has 0 saturated carbocycles. The minimum atomic E-state index is -3.72. The van der Waals surface area contributed by atoms with Crippen LogP contribution in [0.2, 0.25) is 0 Å². The molecule has 3 aromatic carbocycles. The minimum Gasteiger partial charge on any atom is -0.484 e. The molecule has 0 bridgehead atoms. The Morgan fingerprint density at radius 1 is 1.00 bits per heavy atom. The lowest BCUT2D eigenvalue weighted by atomic mass is 10.1. The summed E-state index contributed by atoms with van der Waals surface area (Å²) in [4.78, 5) is 13.7. The van der Waals surface area contributed by atoms with Gasteiger partial charge in [-0.25, -0.2) is 17.5 Å². The van der Waals surface area contributed by atoms with E-state index in [1.54, 1.807) is 32.2 Å². The summed E-state index contributed by atoms with van der Waals surface area (Å²) in [7, 11) is -2.16. The number of hydrogen-bond donors (Lipinski definition) is 1. The van der Waals surface area contributed by atoms with Crippen molar-refractivity contribution in [1.29, 1.82) is 0 Å². The number of hydrogen-bond acceptors (Lipinski definition) is 4. The molecule has 1 N–H and O–H groups in total. The zero-order valence-corrected chi connectivity index (χ0v) is 18.7. The first kappa shape index (κ1) is 23.4. The number of carbonyl (C=O) groups is 1. The molecule has 0 aromatic heterocycles. The SMILES string of the molecule is C[C@H](NS(=O)(=O)c1ccc(OCC(=O)N(C)Cc2ccccc2F)cc1)c1ccccc1. The molecule has 3 rings (SSSR count). The number of sulfonamides is 1. The minimum absolute atomic E-state index is 0.0932. The quantitative estimate of drug-likeness (QED) is 0.530. The van der Waals surface area contributed by atoms with Crippen molar-refractivity contribution < 1.29 is 22.3 Å². The molecule has 168 valence electrons. The largest absolute Gasteiger partial charge is 0.484 e. The second-order valence-electron chi connectivity index (χ2n) is 7.35. The van der Waals surface area contributed by atoms with Crippen molar-refractivity contribution in [2.45, 2.75) is 24.4 Å². The number of nitrogens with zero attached hydrogens (tertiary/aromatic N) is 1. The summed E-state index contributed by atoms with van der Waals surface area (Å²) in [5.41, 5.74) is 1.27. The maximum atomic E-state index is 13.8. The standard InChI is InChI=1S/C24H25FN2O4S/c1-18(19-8-4-3-5-9-19)26-32(29,30)22-14-12-21(13-15-22)31-17-24(28)27(2)16-20-10-6-7-11-23(20)25/h3-15,18,26H,16-17H2,1-2H3/t18-/m0/s1. The van der Waals surface area contributed by atoms with Crippen molar-refractivity contribution in [3.8, 4) is 5.75 Å². The van der Waals surface area contributed by atoms with Gasteiger partial charge in [0.15, 0.2) is 6.61 Å². The predicted octanol–water partition coefficient (Wildman–Crippen LogP) is 3.90. The summed E-state index contributed by atoms with van der Waals surface area (Å²) in [6, 6.07) is 21.0. The first-order valence-electron chi connectivity index (χ1n) is 10.0. The second kappa shape index (κ2) is 10.4. The lowest BCUT2D eigenvalue weighted by molar-refractivity contribution is -0.132. The Morgan fingerprint density at radius 2 is 1.62 bits per heavy atom. The van der Waals surface area contributed by atoms with E-state index in [1.807, 2.05) is 30.3 Å². The van der Waals surface area contributed by atoms with Crippen LogP contribution in [0.4, 0.5) is 4.39 Å². The number of amides is 1. The van der Waals surface area contributed by atoms with Crippen LogP contribution in [0.25, 0.3) is 0 Å². The predicted molar refractivity (Wildman–Crippen MR) is 120 cm³/mol. The Labute approximate surface area is 187 Å². The number of nitrogens with one attached hydrogen (secondary N) is 1. The van der Waals surface area contributed by atoms with Crippen LogP contribution in [0.5, 0.6) is 5.75 Å². The van der Waals surface area contributed by atoms with Gasteiger partial charge in [-0.2, -0.15) is 0 Å². The van der Waals surface area contributed by atoms with Crippen LogP contribution >= 0.6 is 0 Å². The third-order valence-corrected chi connectivity index (χ3v) is 6.48. The van der Waals surface area contributed by atoms with E-state index < -0.39 is 10.0 Å². The average molecular weight is 457 g/mol. The highest BCUT2D eigenvalue weighted by Crippen LogP contribution is 2.19. The van der Waals surface area contributed by atoms with Gasteiger partial charge in [-0.15, -0.1) is 0 Å². The molecule has 0 fully saturated rings. The van der Waals surface area contributed by atoms with Gasteiger partial charge in [0.05, 0.1) is 4.90 Å². The van der Waals surface area contributed by atoms with Gasteiger partial charge in [0.25, 0.3) is 5.91 Å². The molecular weight excluding hydrogens is 431 g/mol. The second-order valence-corrected chi connectivity index (χ2v) is 9.07. The fourth-order valence-corrected chi connectivity index (χ4v) is 4.28. The van der Waals surface area contributed by atoms with E-state index in [0.717, 1.165) is 5.56 Å². The first-order chi connectivity index (χ1) is 15.3. The highest BCUT2D eigenvalue weighted by atomic mass is 32.2. The molecule has 8 heteroatoms. The Bertz CT molecular complexity index is 1150. The van der Waals surface area contributed by atoms with E-state index in [9.17, 15) is 17.6 Å². The molecule has 0 aliphatic heterocycles. The van der Waals surface area contributed by atoms with Crippen molar-refractivity contribution in [2.24, 2.45) is 0 Å². The highest BCUT2D eigenvalue weighted by molar-refractivity contribution is 7.89. The van der Waals surface area contributed by atoms with Gasteiger partial charge >= 0.3 is 0 Å². The molecular formula is C24H25FN2O4S. The summed E-state index contributed by atoms with van der Waals surface area (Å²) >= 11 is 0. The topological polar surface area (TPSA) is 75.7 Å². The van der Waals surface area contributed by atoms with Crippen molar-refractivity contribution in [3.05, 3.63) is 95.8 Å². The molecule has 6 nitrogen and oxygen atoms in total. The molecule has 0 unspecified atom stereocenters. The third kappa shape index (κ3) is 6.15. The average Bonchev–Trinajstić information content (AvgIpc) is 2.79. The van der Waals surface area contributed by atoms with Gasteiger partial charge < -0.3 is 9.64 Å². The van der Waals surface area contributed by atoms with E-state index in [4.69, 9.17) is 4.74 Å². The highest BCUT2D eigenvalue weighted by Gasteiger charge is 2.18. The van der Waals surface area contributed by atoms with Crippen LogP contribution in [0, 0.1) is 5.82 Å². The number of ether oxygens (including phenoxy) is 1. The lowest BCUT2D eigenvalue weighted by Crippen LogP contribution is -2.31. The Balaban J connectivity index is 1.56. The molecule has 0 saturated heterocycles. The molecule has 0 radical (unpaired) electrons. The molecule has 32 heavy (non-hydrogen) atoms. The van der Waals surface area contributed by atoms with E-state index in [-0.39, 0.29) is 35.8 Å². The zero-order valence-electron chi connectivity index (χ0n) is 17.9. The molecule has 0 spiro atoms. The monoisotopic (exact) mass is 456 g/mol. The van der Waals surface area contributed by atoms with Gasteiger partial charge in [0.2, 0.25) is 10.0 Å². The Morgan fingerprint density at radius 3 is 2.28 bits per heavy atom. The normalized spacial score (nSPS) is 12.2. The number of halogens is 1. The molecule has 1 atom stereocenters. The Kier molecular flexibility index (Phi) is 7.61. The van der Waals surface area contributed by atoms with Crippen LogP contribution in [-0.2, 0) is 21.4 Å². The number of carbonyl (C=O) groups excluding carboxylic acids is 1. The van der Waals surface area contributed by atoms with Crippen molar-refractivity contribution in [1.82, 2.24) is 9.62 Å². The van der Waals surface area contributed by atoms with Crippen molar-refractivity contribution in [3.63, 3.8) is 0 Å². The van der Waals surface area contributed by atoms with E-state index in [1.165, 1.54) is 35.2 Å². The van der Waals surface area contributed by atoms with Crippen LogP contribution in [0.3, 0.4) is 0 Å². The van der Waals surface area contributed by atoms with Crippen molar-refractivity contribution in [2.75, 3.05) is 13.7 Å². The first-order valence-corrected chi connectivity index (χ1v) is 11.5. The van der Waals surface area contributed by atoms with Gasteiger partial charge in [-0.05, 0) is 42.8 Å². The van der Waals surface area contributed by atoms with Gasteiger partial charge in [0, 0.05) is 25.2 Å². The van der Waals surface area contributed by atoms with Gasteiger partial charge in [0.1, 0.15) is 11.6 Å². The third-order valence-electron chi connectivity index (χ3n) is 4.92. The summed E-state index contributed by atoms with van der Waals surface area (Å²) in [5, 5.41) is 0. The fourth-order valence-electron chi connectivity index (χ4n) is 3.05. The zero-order chi connectivity index (χ0) is 23.1. The van der Waals surface area contributed by atoms with Crippen LogP contribution in [0.15, 0.2) is 83.8 Å². The summed E-state index contributed by atoms with van der Waals surface area (Å²) in [5.74, 6) is -0.351. The molecule has 0 aliphatic carbocycles. The Hall–Kier alpha value is -3.23. The maximum Gasteiger partial charge on any atom is 0.260 e.